The number of carbonyl (C=O) groups is 1. The van der Waals surface area contributed by atoms with Crippen LogP contribution in [0.1, 0.15) is 0 Å². The van der Waals surface area contributed by atoms with Gasteiger partial charge in [-0.3, -0.25) is 0 Å². The molecule has 0 fully saturated rings. The van der Waals surface area contributed by atoms with Crippen molar-refractivity contribution in [3.05, 3.63) is 0 Å². The Hall–Kier alpha value is -0.0800. The Bertz CT molecular complexity index is 48.1. The Morgan fingerprint density at radius 2 is 2.50 bits per heavy atom. The second-order valence-electron chi connectivity index (χ2n) is 0.888. The largest absolute Gasteiger partial charge is 0.329 e. The zero-order valence-corrected chi connectivity index (χ0v) is 3.98. The van der Waals surface area contributed by atoms with Crippen molar-refractivity contribution in [2.24, 2.45) is 5.73 Å². The quantitative estimate of drug-likeness (QED) is 0.391. The van der Waals surface area contributed by atoms with Crippen LogP contribution in [0.25, 0.3) is 0 Å². The van der Waals surface area contributed by atoms with Gasteiger partial charge in [-0.25, -0.2) is 0 Å². The van der Waals surface area contributed by atoms with Crippen LogP contribution in [0.4, 0.5) is 0 Å². The first-order valence-corrected chi connectivity index (χ1v) is 2.04. The summed E-state index contributed by atoms with van der Waals surface area (Å²) >= 11 is 5.16. The molecule has 0 aromatic rings. The fourth-order valence-electron chi connectivity index (χ4n) is 0.0556. The molecule has 0 aromatic heterocycles. The maximum Gasteiger partial charge on any atom is 0.139 e. The number of hydrogen-bond acceptors (Lipinski definition) is 2. The highest BCUT2D eigenvalue weighted by atomic mass is 35.5. The van der Waals surface area contributed by atoms with Gasteiger partial charge in [0.05, 0.1) is 0 Å². The van der Waals surface area contributed by atoms with E-state index < -0.39 is 5.38 Å². The van der Waals surface area contributed by atoms with Crippen molar-refractivity contribution >= 4 is 17.9 Å². The first kappa shape index (κ1) is 5.92. The maximum absolute atomic E-state index is 9.52. The molecule has 0 radical (unpaired) electrons. The van der Waals surface area contributed by atoms with E-state index in [1.165, 1.54) is 0 Å². The van der Waals surface area contributed by atoms with Crippen molar-refractivity contribution in [1.82, 2.24) is 0 Å². The van der Waals surface area contributed by atoms with Gasteiger partial charge in [-0.05, 0) is 0 Å². The first-order valence-electron chi connectivity index (χ1n) is 1.60. The standard InChI is InChI=1S/C3H6ClNO/c4-3(1-5)2-6/h2-3H,1,5H2. The monoisotopic (exact) mass is 107 g/mol. The highest BCUT2D eigenvalue weighted by Gasteiger charge is 1.92. The number of hydrogen-bond donors (Lipinski definition) is 1. The molecule has 6 heavy (non-hydrogen) atoms. The molecule has 0 aliphatic carbocycles. The predicted molar refractivity (Wildman–Crippen MR) is 24.8 cm³/mol. The summed E-state index contributed by atoms with van der Waals surface area (Å²) in [7, 11) is 0. The number of nitrogens with two attached hydrogens (primary N) is 1. The van der Waals surface area contributed by atoms with E-state index >= 15 is 0 Å². The van der Waals surface area contributed by atoms with Gasteiger partial charge in [0.15, 0.2) is 0 Å². The van der Waals surface area contributed by atoms with E-state index in [0.717, 1.165) is 0 Å². The number of rotatable bonds is 2. The minimum absolute atomic E-state index is 0.227. The molecule has 2 N–H and O–H groups in total. The lowest BCUT2D eigenvalue weighted by atomic mass is 10.5. The van der Waals surface area contributed by atoms with Gasteiger partial charge in [-0.2, -0.15) is 0 Å². The lowest BCUT2D eigenvalue weighted by Crippen LogP contribution is -2.14. The van der Waals surface area contributed by atoms with Crippen molar-refractivity contribution in [3.63, 3.8) is 0 Å². The summed E-state index contributed by atoms with van der Waals surface area (Å²) < 4.78 is 0. The van der Waals surface area contributed by atoms with Crippen LogP contribution in [-0.2, 0) is 4.79 Å². The first-order chi connectivity index (χ1) is 2.81. The fourth-order valence-corrected chi connectivity index (χ4v) is 0.0556. The highest BCUT2D eigenvalue weighted by molar-refractivity contribution is 6.27. The summed E-state index contributed by atoms with van der Waals surface area (Å²) in [6.07, 6.45) is 0.613. The van der Waals surface area contributed by atoms with E-state index in [0.29, 0.717) is 6.29 Å². The maximum atomic E-state index is 9.52. The third kappa shape index (κ3) is 2.18. The molecule has 0 saturated carbocycles. The van der Waals surface area contributed by atoms with Crippen LogP contribution in [0, 0.1) is 0 Å². The highest BCUT2D eigenvalue weighted by Crippen LogP contribution is 1.82. The third-order valence-electron chi connectivity index (χ3n) is 0.373. The van der Waals surface area contributed by atoms with E-state index in [1.807, 2.05) is 0 Å². The number of aldehydes is 1. The molecule has 0 heterocycles. The van der Waals surface area contributed by atoms with Crippen molar-refractivity contribution < 1.29 is 4.79 Å². The minimum Gasteiger partial charge on any atom is -0.329 e. The van der Waals surface area contributed by atoms with Gasteiger partial charge in [0, 0.05) is 6.54 Å². The second kappa shape index (κ2) is 3.12. The van der Waals surface area contributed by atoms with Gasteiger partial charge in [0.2, 0.25) is 0 Å². The zero-order valence-electron chi connectivity index (χ0n) is 3.23. The van der Waals surface area contributed by atoms with Gasteiger partial charge in [-0.15, -0.1) is 11.6 Å². The average molecular weight is 108 g/mol. The molecule has 3 heteroatoms. The molecule has 0 bridgehead atoms. The van der Waals surface area contributed by atoms with E-state index in [-0.39, 0.29) is 6.54 Å². The van der Waals surface area contributed by atoms with Crippen molar-refractivity contribution in [3.8, 4) is 0 Å². The summed E-state index contributed by atoms with van der Waals surface area (Å²) in [6.45, 7) is 0.227. The average Bonchev–Trinajstić information content (AvgIpc) is 1.65. The number of halogens is 1. The summed E-state index contributed by atoms with van der Waals surface area (Å²) in [5, 5.41) is -0.495. The Labute approximate surface area is 41.3 Å². The van der Waals surface area contributed by atoms with Crippen LogP contribution >= 0.6 is 11.6 Å². The zero-order chi connectivity index (χ0) is 4.99. The Morgan fingerprint density at radius 3 is 2.50 bits per heavy atom. The molecule has 0 aliphatic heterocycles. The predicted octanol–water partition coefficient (Wildman–Crippen LogP) is -0.249. The Kier molecular flexibility index (Phi) is 3.08. The van der Waals surface area contributed by atoms with Crippen molar-refractivity contribution in [2.45, 2.75) is 5.38 Å². The van der Waals surface area contributed by atoms with Gasteiger partial charge < -0.3 is 10.5 Å². The van der Waals surface area contributed by atoms with Crippen LogP contribution in [-0.4, -0.2) is 18.2 Å². The molecule has 0 amide bonds. The molecule has 36 valence electrons. The van der Waals surface area contributed by atoms with Gasteiger partial charge in [0.25, 0.3) is 0 Å². The van der Waals surface area contributed by atoms with E-state index in [4.69, 9.17) is 17.3 Å². The summed E-state index contributed by atoms with van der Waals surface area (Å²) in [5.74, 6) is 0. The summed E-state index contributed by atoms with van der Waals surface area (Å²) in [5.41, 5.74) is 4.92. The van der Waals surface area contributed by atoms with Crippen LogP contribution < -0.4 is 5.73 Å². The minimum atomic E-state index is -0.495. The fraction of sp³-hybridized carbons (Fsp3) is 0.667. The Morgan fingerprint density at radius 1 is 2.00 bits per heavy atom. The molecule has 0 saturated heterocycles. The topological polar surface area (TPSA) is 43.1 Å². The molecule has 0 aliphatic rings. The Balaban J connectivity index is 2.96. The SMILES string of the molecule is NCC(Cl)C=O. The second-order valence-corrected chi connectivity index (χ2v) is 1.45. The van der Waals surface area contributed by atoms with Gasteiger partial charge in [-0.1, -0.05) is 0 Å². The summed E-state index contributed by atoms with van der Waals surface area (Å²) in [6, 6.07) is 0. The lowest BCUT2D eigenvalue weighted by molar-refractivity contribution is -0.107. The van der Waals surface area contributed by atoms with Crippen molar-refractivity contribution in [2.75, 3.05) is 6.54 Å². The number of alkyl halides is 1. The van der Waals surface area contributed by atoms with E-state index in [1.54, 1.807) is 0 Å². The lowest BCUT2D eigenvalue weighted by Gasteiger charge is -1.87. The normalized spacial score (nSPS) is 13.7. The van der Waals surface area contributed by atoms with E-state index in [9.17, 15) is 4.79 Å². The molecule has 2 nitrogen and oxygen atoms in total. The molecule has 0 rings (SSSR count). The van der Waals surface area contributed by atoms with E-state index in [2.05, 4.69) is 0 Å². The third-order valence-corrected chi connectivity index (χ3v) is 0.654. The molecule has 1 unspecified atom stereocenters. The molecular formula is C3H6ClNO. The van der Waals surface area contributed by atoms with Crippen LogP contribution in [0.2, 0.25) is 0 Å². The van der Waals surface area contributed by atoms with Crippen molar-refractivity contribution in [1.29, 1.82) is 0 Å². The molecule has 1 atom stereocenters. The molecular weight excluding hydrogens is 101 g/mol. The van der Waals surface area contributed by atoms with Crippen LogP contribution in [0.15, 0.2) is 0 Å². The van der Waals surface area contributed by atoms with Crippen LogP contribution in [0.3, 0.4) is 0 Å². The van der Waals surface area contributed by atoms with Gasteiger partial charge in [0.1, 0.15) is 11.7 Å². The van der Waals surface area contributed by atoms with Gasteiger partial charge >= 0.3 is 0 Å². The molecule has 0 spiro atoms. The van der Waals surface area contributed by atoms with Crippen LogP contribution in [0.5, 0.6) is 0 Å². The smallest absolute Gasteiger partial charge is 0.139 e. The molecule has 0 aromatic carbocycles. The number of carbonyl (C=O) groups excluding carboxylic acids is 1. The summed E-state index contributed by atoms with van der Waals surface area (Å²) in [4.78, 5) is 9.52.